The van der Waals surface area contributed by atoms with Crippen molar-refractivity contribution >= 4 is 0 Å². The first-order chi connectivity index (χ1) is 14.5. The van der Waals surface area contributed by atoms with Gasteiger partial charge in [-0.2, -0.15) is 0 Å². The van der Waals surface area contributed by atoms with E-state index >= 15 is 0 Å². The Hall–Kier alpha value is -2.54. The summed E-state index contributed by atoms with van der Waals surface area (Å²) in [5.74, 6) is 2.30. The van der Waals surface area contributed by atoms with Gasteiger partial charge in [-0.3, -0.25) is 0 Å². The number of ether oxygens (including phenoxy) is 1. The summed E-state index contributed by atoms with van der Waals surface area (Å²) in [6.45, 7) is 18.4. The molecule has 0 fully saturated rings. The molecular weight excluding hydrogens is 376 g/mol. The minimum absolute atomic E-state index is 0.0714. The number of rotatable bonds is 2. The molecule has 0 aliphatic carbocycles. The van der Waals surface area contributed by atoms with Crippen LogP contribution in [0.4, 0.5) is 0 Å². The zero-order valence-corrected chi connectivity index (χ0v) is 20.3. The lowest BCUT2D eigenvalue weighted by molar-refractivity contribution is 0.359. The normalized spacial score (nSPS) is 15.3. The van der Waals surface area contributed by atoms with E-state index in [4.69, 9.17) is 4.74 Å². The summed E-state index contributed by atoms with van der Waals surface area (Å²) in [4.78, 5) is 0. The molecule has 0 aromatic heterocycles. The van der Waals surface area contributed by atoms with Gasteiger partial charge in [-0.15, -0.1) is 0 Å². The van der Waals surface area contributed by atoms with Crippen LogP contribution in [0.25, 0.3) is 0 Å². The molecule has 1 heterocycles. The van der Waals surface area contributed by atoms with Crippen LogP contribution in [0.15, 0.2) is 66.7 Å². The van der Waals surface area contributed by atoms with E-state index in [1.54, 1.807) is 0 Å². The smallest absolute Gasteiger partial charge is 0.131 e. The molecule has 1 heteroatoms. The predicted octanol–water partition coefficient (Wildman–Crippen LogP) is 8.38. The minimum atomic E-state index is -0.271. The van der Waals surface area contributed by atoms with Gasteiger partial charge in [-0.05, 0) is 45.6 Å². The molecule has 0 saturated carbocycles. The molecule has 0 atom stereocenters. The second-order valence-corrected chi connectivity index (χ2v) is 11.4. The van der Waals surface area contributed by atoms with Crippen molar-refractivity contribution in [3.05, 3.63) is 94.5 Å². The van der Waals surface area contributed by atoms with Crippen molar-refractivity contribution in [2.45, 2.75) is 71.6 Å². The third-order valence-corrected chi connectivity index (χ3v) is 6.86. The second-order valence-electron chi connectivity index (χ2n) is 11.4. The molecule has 3 aromatic rings. The molecule has 4 rings (SSSR count). The molecule has 0 unspecified atom stereocenters. The van der Waals surface area contributed by atoms with Crippen LogP contribution < -0.4 is 4.74 Å². The third-order valence-electron chi connectivity index (χ3n) is 6.86. The largest absolute Gasteiger partial charge is 0.457 e. The fourth-order valence-electron chi connectivity index (χ4n) is 5.02. The summed E-state index contributed by atoms with van der Waals surface area (Å²) in [5, 5.41) is 0. The highest BCUT2D eigenvalue weighted by atomic mass is 16.5. The Morgan fingerprint density at radius 2 is 1.10 bits per heavy atom. The molecule has 1 nitrogen and oxygen atoms in total. The average molecular weight is 413 g/mol. The number of benzene rings is 3. The Morgan fingerprint density at radius 3 is 1.48 bits per heavy atom. The van der Waals surface area contributed by atoms with Crippen molar-refractivity contribution in [3.8, 4) is 11.5 Å². The van der Waals surface area contributed by atoms with Gasteiger partial charge in [0.2, 0.25) is 0 Å². The highest BCUT2D eigenvalue weighted by Crippen LogP contribution is 2.56. The van der Waals surface area contributed by atoms with Crippen molar-refractivity contribution in [1.82, 2.24) is 0 Å². The number of hydrogen-bond acceptors (Lipinski definition) is 1. The summed E-state index contributed by atoms with van der Waals surface area (Å²) in [6, 6.07) is 24.6. The van der Waals surface area contributed by atoms with Crippen molar-refractivity contribution in [3.63, 3.8) is 0 Å². The van der Waals surface area contributed by atoms with E-state index in [0.717, 1.165) is 11.5 Å². The molecular formula is C30H36O. The lowest BCUT2D eigenvalue weighted by atomic mass is 9.60. The van der Waals surface area contributed by atoms with Gasteiger partial charge in [-0.25, -0.2) is 0 Å². The van der Waals surface area contributed by atoms with Crippen LogP contribution in [0, 0.1) is 5.92 Å². The molecule has 31 heavy (non-hydrogen) atoms. The van der Waals surface area contributed by atoms with Gasteiger partial charge >= 0.3 is 0 Å². The lowest BCUT2D eigenvalue weighted by Crippen LogP contribution is -2.38. The summed E-state index contributed by atoms with van der Waals surface area (Å²) in [5.41, 5.74) is 6.43. The summed E-state index contributed by atoms with van der Waals surface area (Å²) >= 11 is 0. The van der Waals surface area contributed by atoms with Gasteiger partial charge in [0.05, 0.1) is 5.41 Å². The van der Waals surface area contributed by atoms with E-state index in [-0.39, 0.29) is 16.2 Å². The lowest BCUT2D eigenvalue weighted by Gasteiger charge is -2.45. The van der Waals surface area contributed by atoms with Gasteiger partial charge in [0, 0.05) is 11.1 Å². The van der Waals surface area contributed by atoms with Crippen molar-refractivity contribution in [2.75, 3.05) is 0 Å². The maximum Gasteiger partial charge on any atom is 0.131 e. The summed E-state index contributed by atoms with van der Waals surface area (Å²) in [6.07, 6.45) is 0. The fourth-order valence-corrected chi connectivity index (χ4v) is 5.02. The first-order valence-electron chi connectivity index (χ1n) is 11.5. The van der Waals surface area contributed by atoms with Crippen LogP contribution in [0.3, 0.4) is 0 Å². The first-order valence-corrected chi connectivity index (χ1v) is 11.5. The van der Waals surface area contributed by atoms with E-state index < -0.39 is 0 Å². The van der Waals surface area contributed by atoms with Gasteiger partial charge in [0.1, 0.15) is 11.5 Å². The van der Waals surface area contributed by atoms with E-state index in [1.165, 1.54) is 27.8 Å². The van der Waals surface area contributed by atoms with Crippen molar-refractivity contribution in [1.29, 1.82) is 0 Å². The molecule has 1 aliphatic heterocycles. The van der Waals surface area contributed by atoms with E-state index in [2.05, 4.69) is 122 Å². The highest BCUT2D eigenvalue weighted by Gasteiger charge is 2.47. The van der Waals surface area contributed by atoms with Crippen LogP contribution in [0.5, 0.6) is 11.5 Å². The quantitative estimate of drug-likeness (QED) is 0.411. The highest BCUT2D eigenvalue weighted by molar-refractivity contribution is 5.65. The Morgan fingerprint density at radius 1 is 0.645 bits per heavy atom. The molecule has 162 valence electrons. The predicted molar refractivity (Wildman–Crippen MR) is 132 cm³/mol. The van der Waals surface area contributed by atoms with Crippen LogP contribution in [-0.4, -0.2) is 0 Å². The van der Waals surface area contributed by atoms with Gasteiger partial charge in [0.15, 0.2) is 0 Å². The maximum absolute atomic E-state index is 6.54. The molecule has 0 amide bonds. The molecule has 0 bridgehead atoms. The minimum Gasteiger partial charge on any atom is -0.457 e. The summed E-state index contributed by atoms with van der Waals surface area (Å²) < 4.78 is 6.54. The zero-order chi connectivity index (χ0) is 22.6. The fraction of sp³-hybridized carbons (Fsp3) is 0.400. The van der Waals surface area contributed by atoms with Crippen molar-refractivity contribution in [2.24, 2.45) is 5.92 Å². The number of fused-ring (bicyclic) bond motifs is 2. The van der Waals surface area contributed by atoms with Crippen molar-refractivity contribution < 1.29 is 4.74 Å². The third kappa shape index (κ3) is 3.49. The Kier molecular flexibility index (Phi) is 5.08. The second kappa shape index (κ2) is 7.26. The van der Waals surface area contributed by atoms with Crippen LogP contribution in [0.2, 0.25) is 0 Å². The molecule has 1 aliphatic rings. The first kappa shape index (κ1) is 21.7. The monoisotopic (exact) mass is 412 g/mol. The number of hydrogen-bond donors (Lipinski definition) is 0. The van der Waals surface area contributed by atoms with E-state index in [0.29, 0.717) is 5.92 Å². The Bertz CT molecular complexity index is 1030. The van der Waals surface area contributed by atoms with E-state index in [1.807, 2.05) is 0 Å². The standard InChI is InChI=1S/C30H36O/c1-20(2)30(21-12-10-9-11-13-21)24-18-22(28(3,4)5)14-16-26(24)31-27-17-15-23(19-25(27)30)29(6,7)8/h9-20H,1-8H3. The van der Waals surface area contributed by atoms with Gasteiger partial charge in [-0.1, -0.05) is 110 Å². The Balaban J connectivity index is 2.12. The van der Waals surface area contributed by atoms with Gasteiger partial charge < -0.3 is 4.74 Å². The summed E-state index contributed by atoms with van der Waals surface area (Å²) in [7, 11) is 0. The molecule has 0 radical (unpaired) electrons. The van der Waals surface area contributed by atoms with Gasteiger partial charge in [0.25, 0.3) is 0 Å². The topological polar surface area (TPSA) is 9.23 Å². The average Bonchev–Trinajstić information content (AvgIpc) is 2.70. The zero-order valence-electron chi connectivity index (χ0n) is 20.3. The van der Waals surface area contributed by atoms with Crippen LogP contribution in [0.1, 0.15) is 83.2 Å². The maximum atomic E-state index is 6.54. The SMILES string of the molecule is CC(C)C1(c2ccccc2)c2cc(C(C)(C)C)ccc2Oc2ccc(C(C)(C)C)cc21. The van der Waals surface area contributed by atoms with E-state index in [9.17, 15) is 0 Å². The molecule has 0 saturated heterocycles. The molecule has 0 spiro atoms. The molecule has 3 aromatic carbocycles. The molecule has 0 N–H and O–H groups in total. The van der Waals surface area contributed by atoms with Crippen LogP contribution >= 0.6 is 0 Å². The Labute approximate surface area is 188 Å². The van der Waals surface area contributed by atoms with Crippen LogP contribution in [-0.2, 0) is 16.2 Å².